The van der Waals surface area contributed by atoms with Gasteiger partial charge >= 0.3 is 0 Å². The van der Waals surface area contributed by atoms with Crippen LogP contribution in [0.4, 0.5) is 4.39 Å². The zero-order chi connectivity index (χ0) is 14.8. The molecule has 0 bridgehead atoms. The van der Waals surface area contributed by atoms with Crippen LogP contribution in [0.2, 0.25) is 0 Å². The van der Waals surface area contributed by atoms with Gasteiger partial charge in [-0.3, -0.25) is 0 Å². The summed E-state index contributed by atoms with van der Waals surface area (Å²) in [6, 6.07) is 6.28. The SMILES string of the molecule is CC(C)OCCOCC(O)CNCc1ccc(F)cc1. The molecule has 2 N–H and O–H groups in total. The number of rotatable bonds is 10. The highest BCUT2D eigenvalue weighted by molar-refractivity contribution is 5.15. The van der Waals surface area contributed by atoms with Crippen molar-refractivity contribution in [2.45, 2.75) is 32.6 Å². The fraction of sp³-hybridized carbons (Fsp3) is 0.600. The summed E-state index contributed by atoms with van der Waals surface area (Å²) in [5.74, 6) is -0.245. The van der Waals surface area contributed by atoms with Gasteiger partial charge in [-0.05, 0) is 31.5 Å². The molecular weight excluding hydrogens is 261 g/mol. The number of aliphatic hydroxyl groups excluding tert-OH is 1. The topological polar surface area (TPSA) is 50.7 Å². The summed E-state index contributed by atoms with van der Waals surface area (Å²) in [7, 11) is 0. The van der Waals surface area contributed by atoms with Gasteiger partial charge in [0.2, 0.25) is 0 Å². The van der Waals surface area contributed by atoms with Gasteiger partial charge < -0.3 is 19.9 Å². The molecule has 0 aliphatic heterocycles. The van der Waals surface area contributed by atoms with E-state index in [0.717, 1.165) is 5.56 Å². The van der Waals surface area contributed by atoms with Crippen molar-refractivity contribution in [3.63, 3.8) is 0 Å². The van der Waals surface area contributed by atoms with Gasteiger partial charge in [-0.15, -0.1) is 0 Å². The Morgan fingerprint density at radius 1 is 1.20 bits per heavy atom. The van der Waals surface area contributed by atoms with Gasteiger partial charge in [0.1, 0.15) is 5.82 Å². The van der Waals surface area contributed by atoms with E-state index in [1.165, 1.54) is 12.1 Å². The Morgan fingerprint density at radius 3 is 2.55 bits per heavy atom. The molecule has 0 heterocycles. The molecule has 0 fully saturated rings. The Kier molecular flexibility index (Phi) is 8.37. The molecule has 0 aliphatic rings. The Morgan fingerprint density at radius 2 is 1.90 bits per heavy atom. The predicted molar refractivity (Wildman–Crippen MR) is 76.0 cm³/mol. The van der Waals surface area contributed by atoms with Gasteiger partial charge in [0, 0.05) is 13.1 Å². The molecule has 4 nitrogen and oxygen atoms in total. The van der Waals surface area contributed by atoms with Crippen LogP contribution in [-0.4, -0.2) is 43.7 Å². The quantitative estimate of drug-likeness (QED) is 0.643. The maximum Gasteiger partial charge on any atom is 0.123 e. The van der Waals surface area contributed by atoms with Crippen LogP contribution in [0, 0.1) is 5.82 Å². The van der Waals surface area contributed by atoms with Crippen LogP contribution >= 0.6 is 0 Å². The van der Waals surface area contributed by atoms with Crippen LogP contribution in [0.3, 0.4) is 0 Å². The number of hydrogen-bond donors (Lipinski definition) is 2. The molecule has 0 amide bonds. The first-order valence-corrected chi connectivity index (χ1v) is 6.90. The molecule has 5 heteroatoms. The lowest BCUT2D eigenvalue weighted by Gasteiger charge is -2.13. The standard InChI is InChI=1S/C15H24FNO3/c1-12(2)20-8-7-19-11-15(18)10-17-9-13-3-5-14(16)6-4-13/h3-6,12,15,17-18H,7-11H2,1-2H3. The van der Waals surface area contributed by atoms with Crippen molar-refractivity contribution >= 4 is 0 Å². The van der Waals surface area contributed by atoms with Crippen molar-refractivity contribution in [1.82, 2.24) is 5.32 Å². The molecule has 114 valence electrons. The zero-order valence-electron chi connectivity index (χ0n) is 12.1. The molecule has 1 rings (SSSR count). The van der Waals surface area contributed by atoms with E-state index >= 15 is 0 Å². The average Bonchev–Trinajstić information content (AvgIpc) is 2.40. The third kappa shape index (κ3) is 8.22. The minimum atomic E-state index is -0.561. The van der Waals surface area contributed by atoms with E-state index in [2.05, 4.69) is 5.32 Å². The van der Waals surface area contributed by atoms with Gasteiger partial charge in [0.05, 0.1) is 32.0 Å². The Balaban J connectivity index is 2.02. The Labute approximate surface area is 119 Å². The van der Waals surface area contributed by atoms with E-state index < -0.39 is 6.10 Å². The molecule has 20 heavy (non-hydrogen) atoms. The van der Waals surface area contributed by atoms with Crippen molar-refractivity contribution < 1.29 is 19.0 Å². The lowest BCUT2D eigenvalue weighted by Crippen LogP contribution is -2.30. The van der Waals surface area contributed by atoms with Crippen molar-refractivity contribution in [3.8, 4) is 0 Å². The Bertz CT molecular complexity index is 357. The summed E-state index contributed by atoms with van der Waals surface area (Å²) in [6.45, 7) is 6.25. The molecule has 1 atom stereocenters. The maximum atomic E-state index is 12.7. The minimum Gasteiger partial charge on any atom is -0.389 e. The van der Waals surface area contributed by atoms with Gasteiger partial charge in [-0.25, -0.2) is 4.39 Å². The monoisotopic (exact) mass is 285 g/mol. The van der Waals surface area contributed by atoms with Crippen molar-refractivity contribution in [1.29, 1.82) is 0 Å². The summed E-state index contributed by atoms with van der Waals surface area (Å²) < 4.78 is 23.3. The molecule has 1 aromatic carbocycles. The smallest absolute Gasteiger partial charge is 0.123 e. The maximum absolute atomic E-state index is 12.7. The van der Waals surface area contributed by atoms with Crippen LogP contribution in [0.5, 0.6) is 0 Å². The first-order valence-electron chi connectivity index (χ1n) is 6.90. The van der Waals surface area contributed by atoms with Crippen LogP contribution in [0.15, 0.2) is 24.3 Å². The number of aliphatic hydroxyl groups is 1. The van der Waals surface area contributed by atoms with Crippen LogP contribution < -0.4 is 5.32 Å². The highest BCUT2D eigenvalue weighted by atomic mass is 19.1. The van der Waals surface area contributed by atoms with E-state index in [1.807, 2.05) is 13.8 Å². The summed E-state index contributed by atoms with van der Waals surface area (Å²) in [5.41, 5.74) is 0.977. The third-order valence-corrected chi connectivity index (χ3v) is 2.61. The average molecular weight is 285 g/mol. The number of ether oxygens (including phenoxy) is 2. The second kappa shape index (κ2) is 9.83. The number of nitrogens with one attached hydrogen (secondary N) is 1. The highest BCUT2D eigenvalue weighted by Crippen LogP contribution is 2.02. The molecule has 0 saturated heterocycles. The van der Waals surface area contributed by atoms with Gasteiger partial charge in [-0.2, -0.15) is 0 Å². The van der Waals surface area contributed by atoms with Gasteiger partial charge in [0.25, 0.3) is 0 Å². The van der Waals surface area contributed by atoms with E-state index in [0.29, 0.717) is 26.3 Å². The first kappa shape index (κ1) is 17.0. The molecule has 0 aromatic heterocycles. The molecular formula is C15H24FNO3. The number of benzene rings is 1. The molecule has 0 aliphatic carbocycles. The molecule has 0 radical (unpaired) electrons. The van der Waals surface area contributed by atoms with Crippen molar-refractivity contribution in [3.05, 3.63) is 35.6 Å². The predicted octanol–water partition coefficient (Wildman–Crippen LogP) is 1.72. The number of hydrogen-bond acceptors (Lipinski definition) is 4. The second-order valence-electron chi connectivity index (χ2n) is 4.91. The summed E-state index contributed by atoms with van der Waals surface area (Å²) in [6.07, 6.45) is -0.365. The first-order chi connectivity index (χ1) is 9.58. The van der Waals surface area contributed by atoms with E-state index in [4.69, 9.17) is 9.47 Å². The fourth-order valence-electron chi connectivity index (χ4n) is 1.61. The van der Waals surface area contributed by atoms with E-state index in [1.54, 1.807) is 12.1 Å². The third-order valence-electron chi connectivity index (χ3n) is 2.61. The molecule has 0 saturated carbocycles. The zero-order valence-corrected chi connectivity index (χ0v) is 12.1. The van der Waals surface area contributed by atoms with Crippen LogP contribution in [-0.2, 0) is 16.0 Å². The summed E-state index contributed by atoms with van der Waals surface area (Å²) in [5, 5.41) is 12.8. The summed E-state index contributed by atoms with van der Waals surface area (Å²) >= 11 is 0. The second-order valence-corrected chi connectivity index (χ2v) is 4.91. The van der Waals surface area contributed by atoms with Crippen LogP contribution in [0.1, 0.15) is 19.4 Å². The van der Waals surface area contributed by atoms with Crippen molar-refractivity contribution in [2.24, 2.45) is 0 Å². The number of halogens is 1. The highest BCUT2D eigenvalue weighted by Gasteiger charge is 2.04. The van der Waals surface area contributed by atoms with E-state index in [-0.39, 0.29) is 18.5 Å². The van der Waals surface area contributed by atoms with Crippen molar-refractivity contribution in [2.75, 3.05) is 26.4 Å². The fourth-order valence-corrected chi connectivity index (χ4v) is 1.61. The van der Waals surface area contributed by atoms with E-state index in [9.17, 15) is 9.50 Å². The molecule has 0 spiro atoms. The van der Waals surface area contributed by atoms with Gasteiger partial charge in [0.15, 0.2) is 0 Å². The Hall–Kier alpha value is -1.01. The summed E-state index contributed by atoms with van der Waals surface area (Å²) in [4.78, 5) is 0. The van der Waals surface area contributed by atoms with Crippen LogP contribution in [0.25, 0.3) is 0 Å². The lowest BCUT2D eigenvalue weighted by atomic mass is 10.2. The minimum absolute atomic E-state index is 0.195. The molecule has 1 aromatic rings. The normalized spacial score (nSPS) is 12.8. The van der Waals surface area contributed by atoms with Gasteiger partial charge in [-0.1, -0.05) is 12.1 Å². The largest absolute Gasteiger partial charge is 0.389 e. The lowest BCUT2D eigenvalue weighted by molar-refractivity contribution is -0.0100. The molecule has 1 unspecified atom stereocenters.